The van der Waals surface area contributed by atoms with Crippen LogP contribution in [0, 0.1) is 12.7 Å². The minimum atomic E-state index is -0.458. The first kappa shape index (κ1) is 32.5. The molecule has 2 bridgehead atoms. The van der Waals surface area contributed by atoms with Crippen LogP contribution in [0.3, 0.4) is 0 Å². The second-order valence-corrected chi connectivity index (χ2v) is 14.1. The maximum atomic E-state index is 16.2. The zero-order valence-corrected chi connectivity index (χ0v) is 28.8. The molecule has 1 saturated carbocycles. The summed E-state index contributed by atoms with van der Waals surface area (Å²) in [5.41, 5.74) is 12.2. The summed E-state index contributed by atoms with van der Waals surface area (Å²) in [6.07, 6.45) is 7.70. The number of ether oxygens (including phenoxy) is 1. The van der Waals surface area contributed by atoms with Gasteiger partial charge in [-0.15, -0.1) is 0 Å². The lowest BCUT2D eigenvalue weighted by molar-refractivity contribution is 0.0227. The average Bonchev–Trinajstić information content (AvgIpc) is 3.77. The number of carbonyl (C=O) groups excluding carboxylic acids is 2. The largest absolute Gasteiger partial charge is 0.380 e. The van der Waals surface area contributed by atoms with Gasteiger partial charge in [-0.2, -0.15) is 0 Å². The van der Waals surface area contributed by atoms with Crippen molar-refractivity contribution >= 4 is 33.9 Å². The van der Waals surface area contributed by atoms with Crippen molar-refractivity contribution in [2.24, 2.45) is 5.73 Å². The van der Waals surface area contributed by atoms with Crippen molar-refractivity contribution in [2.75, 3.05) is 20.2 Å². The van der Waals surface area contributed by atoms with Gasteiger partial charge in [-0.3, -0.25) is 14.6 Å². The Morgan fingerprint density at radius 3 is 2.68 bits per heavy atom. The van der Waals surface area contributed by atoms with Gasteiger partial charge in [0.15, 0.2) is 5.82 Å². The second kappa shape index (κ2) is 12.9. The van der Waals surface area contributed by atoms with Crippen LogP contribution in [0.1, 0.15) is 95.2 Å². The highest BCUT2D eigenvalue weighted by Gasteiger charge is 2.34. The van der Waals surface area contributed by atoms with E-state index in [1.54, 1.807) is 24.3 Å². The fourth-order valence-electron chi connectivity index (χ4n) is 7.83. The number of nitrogens with two attached hydrogens (primary N) is 1. The molecule has 0 unspecified atom stereocenters. The van der Waals surface area contributed by atoms with E-state index in [1.807, 2.05) is 36.6 Å². The number of rotatable bonds is 4. The number of amides is 2. The maximum Gasteiger partial charge on any atom is 0.254 e. The molecule has 2 fully saturated rings. The number of halogens is 1. The second-order valence-electron chi connectivity index (χ2n) is 14.1. The number of pyridine rings is 2. The molecule has 0 spiro atoms. The zero-order valence-electron chi connectivity index (χ0n) is 28.8. The van der Waals surface area contributed by atoms with Gasteiger partial charge in [-0.25, -0.2) is 14.4 Å². The summed E-state index contributed by atoms with van der Waals surface area (Å²) in [5, 5.41) is 4.11. The highest BCUT2D eigenvalue weighted by molar-refractivity contribution is 5.99. The van der Waals surface area contributed by atoms with Crippen molar-refractivity contribution < 1.29 is 18.7 Å². The van der Waals surface area contributed by atoms with Gasteiger partial charge in [-0.05, 0) is 94.3 Å². The Morgan fingerprint density at radius 1 is 1.06 bits per heavy atom. The first-order valence-corrected chi connectivity index (χ1v) is 17.8. The Hall–Kier alpha value is -4.68. The van der Waals surface area contributed by atoms with Gasteiger partial charge in [0.25, 0.3) is 11.8 Å². The third-order valence-electron chi connectivity index (χ3n) is 10.6. The van der Waals surface area contributed by atoms with Crippen LogP contribution in [-0.2, 0) is 17.7 Å². The summed E-state index contributed by atoms with van der Waals surface area (Å²) in [4.78, 5) is 43.4. The quantitative estimate of drug-likeness (QED) is 0.252. The number of piperidine rings is 1. The number of hydrogen-bond donors (Lipinski definition) is 2. The third kappa shape index (κ3) is 5.73. The molecule has 50 heavy (non-hydrogen) atoms. The molecule has 6 heterocycles. The number of nitrogens with zero attached hydrogens (tertiary/aromatic N) is 6. The average molecular weight is 679 g/mol. The van der Waals surface area contributed by atoms with E-state index < -0.39 is 5.82 Å². The highest BCUT2D eigenvalue weighted by Crippen LogP contribution is 2.43. The fraction of sp³-hybridized carbons (Fsp3) is 0.447. The molecule has 0 radical (unpaired) electrons. The molecule has 1 saturated heterocycles. The number of benzene rings is 1. The van der Waals surface area contributed by atoms with Crippen molar-refractivity contribution in [2.45, 2.75) is 89.6 Å². The highest BCUT2D eigenvalue weighted by atomic mass is 19.1. The number of fused-ring (bicyclic) bond motifs is 3. The van der Waals surface area contributed by atoms with Crippen LogP contribution in [-0.4, -0.2) is 73.1 Å². The van der Waals surface area contributed by atoms with E-state index >= 15 is 4.39 Å². The van der Waals surface area contributed by atoms with Gasteiger partial charge >= 0.3 is 0 Å². The van der Waals surface area contributed by atoms with Gasteiger partial charge in [0.2, 0.25) is 0 Å². The van der Waals surface area contributed by atoms with Crippen molar-refractivity contribution in [3.8, 4) is 11.5 Å². The van der Waals surface area contributed by atoms with Crippen LogP contribution in [0.5, 0.6) is 0 Å². The molecule has 12 heteroatoms. The molecule has 3 N–H and O–H groups in total. The lowest BCUT2D eigenvalue weighted by Gasteiger charge is -2.35. The molecule has 1 aliphatic carbocycles. The van der Waals surface area contributed by atoms with Gasteiger partial charge in [0.1, 0.15) is 17.0 Å². The molecule has 1 aromatic carbocycles. The van der Waals surface area contributed by atoms with E-state index in [9.17, 15) is 9.59 Å². The van der Waals surface area contributed by atoms with E-state index in [2.05, 4.69) is 20.9 Å². The monoisotopic (exact) mass is 678 g/mol. The normalized spacial score (nSPS) is 21.7. The molecule has 8 rings (SSSR count). The van der Waals surface area contributed by atoms with Crippen LogP contribution >= 0.6 is 0 Å². The van der Waals surface area contributed by atoms with Gasteiger partial charge in [0, 0.05) is 56.0 Å². The summed E-state index contributed by atoms with van der Waals surface area (Å²) < 4.78 is 25.9. The molecular formula is C38H43FN8O3. The van der Waals surface area contributed by atoms with Crippen LogP contribution in [0.2, 0.25) is 0 Å². The standard InChI is InChI=1S/C38H43FN8O3/c1-21-29-11-8-24-19-31(46(35(24)43-29)15-6-4-5-7-23-12-14-41-22(2)33(23)37(48)42-21)36-44-30-18-25(17-27(39)34(30)47(36)26-9-10-26)38(49)45-16-13-32(50-3)28(40)20-45/h8,11-12,14,17-19,21,26,28,32H,4-7,9-10,13,15-16,20,40H2,1-3H3,(H,42,48)/t21-,28+,32-/m1/s1. The molecule has 3 atom stereocenters. The van der Waals surface area contributed by atoms with E-state index in [4.69, 9.17) is 20.4 Å². The number of hydrogen-bond acceptors (Lipinski definition) is 7. The van der Waals surface area contributed by atoms with Gasteiger partial charge in [0.05, 0.1) is 40.3 Å². The molecule has 2 amide bonds. The number of carbonyl (C=O) groups is 2. The number of aryl methyl sites for hydroxylation is 3. The van der Waals surface area contributed by atoms with Crippen LogP contribution in [0.4, 0.5) is 4.39 Å². The van der Waals surface area contributed by atoms with Gasteiger partial charge < -0.3 is 29.8 Å². The summed E-state index contributed by atoms with van der Waals surface area (Å²) in [6.45, 7) is 5.37. The predicted octanol–water partition coefficient (Wildman–Crippen LogP) is 5.64. The minimum absolute atomic E-state index is 0.107. The Labute approximate surface area is 290 Å². The Balaban J connectivity index is 1.20. The zero-order chi connectivity index (χ0) is 34.7. The lowest BCUT2D eigenvalue weighted by atomic mass is 9.99. The minimum Gasteiger partial charge on any atom is -0.380 e. The number of likely N-dealkylation sites (tertiary alicyclic amines) is 1. The van der Waals surface area contributed by atoms with Crippen molar-refractivity contribution in [3.63, 3.8) is 0 Å². The third-order valence-corrected chi connectivity index (χ3v) is 10.6. The number of imidazole rings is 1. The molecular weight excluding hydrogens is 635 g/mol. The number of nitrogens with one attached hydrogen (secondary N) is 1. The first-order chi connectivity index (χ1) is 24.2. The fourth-order valence-corrected chi connectivity index (χ4v) is 7.83. The predicted molar refractivity (Wildman–Crippen MR) is 188 cm³/mol. The summed E-state index contributed by atoms with van der Waals surface area (Å²) in [6, 6.07) is 10.6. The van der Waals surface area contributed by atoms with Crippen LogP contribution in [0.15, 0.2) is 42.6 Å². The smallest absolute Gasteiger partial charge is 0.254 e. The topological polar surface area (TPSA) is 133 Å². The van der Waals surface area contributed by atoms with E-state index in [0.29, 0.717) is 48.5 Å². The molecule has 5 aromatic rings. The summed E-state index contributed by atoms with van der Waals surface area (Å²) >= 11 is 0. The van der Waals surface area contributed by atoms with E-state index in [-0.39, 0.29) is 41.6 Å². The Bertz CT molecular complexity index is 2140. The number of aromatic nitrogens is 5. The summed E-state index contributed by atoms with van der Waals surface area (Å²) in [5.74, 6) is -0.186. The van der Waals surface area contributed by atoms with E-state index in [0.717, 1.165) is 72.2 Å². The van der Waals surface area contributed by atoms with Crippen molar-refractivity contribution in [1.29, 1.82) is 0 Å². The molecule has 260 valence electrons. The Morgan fingerprint density at radius 2 is 1.90 bits per heavy atom. The van der Waals surface area contributed by atoms with Crippen LogP contribution < -0.4 is 11.1 Å². The SMILES string of the molecule is CO[C@@H]1CCN(C(=O)c2cc(F)c3c(c2)nc(-c2cc4ccc5nc4n2CCCCCc2ccnc(C)c2C(=O)N[C@@H]5C)n3C2CC2)C[C@@H]1N. The van der Waals surface area contributed by atoms with Crippen LogP contribution in [0.25, 0.3) is 33.6 Å². The van der Waals surface area contributed by atoms with Crippen molar-refractivity contribution in [3.05, 3.63) is 76.5 Å². The first-order valence-electron chi connectivity index (χ1n) is 17.8. The van der Waals surface area contributed by atoms with Crippen molar-refractivity contribution in [1.82, 2.24) is 34.3 Å². The number of methoxy groups -OCH3 is 1. The maximum absolute atomic E-state index is 16.2. The Kier molecular flexibility index (Phi) is 8.39. The van der Waals surface area contributed by atoms with E-state index in [1.165, 1.54) is 6.07 Å². The molecule has 2 aliphatic heterocycles. The lowest BCUT2D eigenvalue weighted by Crippen LogP contribution is -2.53. The molecule has 4 aromatic heterocycles. The molecule has 3 aliphatic rings. The molecule has 11 nitrogen and oxygen atoms in total. The summed E-state index contributed by atoms with van der Waals surface area (Å²) in [7, 11) is 1.63. The van der Waals surface area contributed by atoms with Gasteiger partial charge in [-0.1, -0.05) is 6.42 Å².